The van der Waals surface area contributed by atoms with Crippen molar-refractivity contribution in [2.75, 3.05) is 0 Å². The summed E-state index contributed by atoms with van der Waals surface area (Å²) in [5, 5.41) is 20.0. The van der Waals surface area contributed by atoms with Gasteiger partial charge in [0.05, 0.1) is 6.07 Å². The summed E-state index contributed by atoms with van der Waals surface area (Å²) in [5.41, 5.74) is 0.817. The Morgan fingerprint density at radius 2 is 2.05 bits per heavy atom. The lowest BCUT2D eigenvalue weighted by atomic mass is 9.97. The highest BCUT2D eigenvalue weighted by Crippen LogP contribution is 2.11. The zero-order valence-corrected chi connectivity index (χ0v) is 11.8. The van der Waals surface area contributed by atoms with Crippen molar-refractivity contribution < 1.29 is 19.4 Å². The smallest absolute Gasteiger partial charge is 0.408 e. The minimum Gasteiger partial charge on any atom is -0.480 e. The second-order valence-electron chi connectivity index (χ2n) is 4.70. The number of hydrogen-bond acceptors (Lipinski definition) is 4. The van der Waals surface area contributed by atoms with Gasteiger partial charge in [0.25, 0.3) is 0 Å². The Labute approximate surface area is 123 Å². The van der Waals surface area contributed by atoms with Gasteiger partial charge in [-0.2, -0.15) is 5.26 Å². The molecule has 6 heteroatoms. The molecule has 1 amide bonds. The van der Waals surface area contributed by atoms with Crippen LogP contribution in [0.3, 0.4) is 0 Å². The van der Waals surface area contributed by atoms with Gasteiger partial charge in [-0.05, 0) is 17.9 Å². The molecule has 0 aliphatic carbocycles. The lowest BCUT2D eigenvalue weighted by molar-refractivity contribution is -0.140. The van der Waals surface area contributed by atoms with E-state index in [2.05, 4.69) is 5.32 Å². The quantitative estimate of drug-likeness (QED) is 0.802. The van der Waals surface area contributed by atoms with Gasteiger partial charge in [0.15, 0.2) is 0 Å². The molecule has 0 saturated heterocycles. The molecule has 21 heavy (non-hydrogen) atoms. The third-order valence-corrected chi connectivity index (χ3v) is 3.03. The number of benzene rings is 1. The van der Waals surface area contributed by atoms with E-state index in [4.69, 9.17) is 15.1 Å². The molecule has 0 spiro atoms. The van der Waals surface area contributed by atoms with Crippen LogP contribution in [0.15, 0.2) is 30.3 Å². The summed E-state index contributed by atoms with van der Waals surface area (Å²) in [6.45, 7) is 1.75. The van der Waals surface area contributed by atoms with E-state index in [9.17, 15) is 9.59 Å². The summed E-state index contributed by atoms with van der Waals surface area (Å²) in [4.78, 5) is 22.8. The number of nitriles is 1. The van der Waals surface area contributed by atoms with Gasteiger partial charge in [0.2, 0.25) is 0 Å². The maximum atomic E-state index is 11.6. The van der Waals surface area contributed by atoms with Crippen LogP contribution >= 0.6 is 0 Å². The van der Waals surface area contributed by atoms with Crippen LogP contribution in [0.4, 0.5) is 4.79 Å². The number of carboxylic acid groups (broad SMARTS) is 1. The van der Waals surface area contributed by atoms with E-state index in [0.29, 0.717) is 6.42 Å². The molecule has 0 saturated carbocycles. The predicted molar refractivity (Wildman–Crippen MR) is 75.2 cm³/mol. The molecule has 2 atom stereocenters. The highest BCUT2D eigenvalue weighted by Gasteiger charge is 2.26. The van der Waals surface area contributed by atoms with Crippen LogP contribution in [0.1, 0.15) is 25.3 Å². The van der Waals surface area contributed by atoms with E-state index < -0.39 is 18.1 Å². The Morgan fingerprint density at radius 3 is 2.62 bits per heavy atom. The highest BCUT2D eigenvalue weighted by molar-refractivity contribution is 5.80. The fourth-order valence-corrected chi connectivity index (χ4v) is 1.80. The SMILES string of the molecule is CC(CCC#N)C(NC(=O)OCc1ccccc1)C(=O)O. The average Bonchev–Trinajstić information content (AvgIpc) is 2.49. The minimum atomic E-state index is -1.14. The van der Waals surface area contributed by atoms with Crippen LogP contribution < -0.4 is 5.32 Å². The summed E-state index contributed by atoms with van der Waals surface area (Å²) in [6, 6.07) is 9.98. The Kier molecular flexibility index (Phi) is 6.75. The highest BCUT2D eigenvalue weighted by atomic mass is 16.5. The third-order valence-electron chi connectivity index (χ3n) is 3.03. The number of aliphatic carboxylic acids is 1. The van der Waals surface area contributed by atoms with Crippen molar-refractivity contribution in [2.45, 2.75) is 32.4 Å². The number of hydrogen-bond donors (Lipinski definition) is 2. The molecular formula is C15H18N2O4. The van der Waals surface area contributed by atoms with Gasteiger partial charge in [-0.15, -0.1) is 0 Å². The molecule has 0 bridgehead atoms. The Balaban J connectivity index is 2.49. The van der Waals surface area contributed by atoms with E-state index in [-0.39, 0.29) is 18.9 Å². The van der Waals surface area contributed by atoms with Gasteiger partial charge < -0.3 is 15.2 Å². The molecule has 2 N–H and O–H groups in total. The van der Waals surface area contributed by atoms with Gasteiger partial charge in [-0.1, -0.05) is 37.3 Å². The van der Waals surface area contributed by atoms with Gasteiger partial charge in [-0.25, -0.2) is 9.59 Å². The predicted octanol–water partition coefficient (Wildman–Crippen LogP) is 2.31. The molecule has 0 fully saturated rings. The topological polar surface area (TPSA) is 99.4 Å². The zero-order valence-electron chi connectivity index (χ0n) is 11.8. The Hall–Kier alpha value is -2.55. The molecule has 0 radical (unpaired) electrons. The number of carbonyl (C=O) groups excluding carboxylic acids is 1. The summed E-state index contributed by atoms with van der Waals surface area (Å²) in [6.07, 6.45) is -0.145. The fourth-order valence-electron chi connectivity index (χ4n) is 1.80. The molecule has 0 heterocycles. The van der Waals surface area contributed by atoms with Gasteiger partial charge in [0.1, 0.15) is 12.6 Å². The number of nitrogens with one attached hydrogen (secondary N) is 1. The van der Waals surface area contributed by atoms with Crippen LogP contribution in [-0.4, -0.2) is 23.2 Å². The average molecular weight is 290 g/mol. The molecule has 0 aliphatic heterocycles. The van der Waals surface area contributed by atoms with E-state index in [1.807, 2.05) is 24.3 Å². The largest absolute Gasteiger partial charge is 0.480 e. The van der Waals surface area contributed by atoms with Crippen molar-refractivity contribution in [1.29, 1.82) is 5.26 Å². The lowest BCUT2D eigenvalue weighted by Gasteiger charge is -2.20. The van der Waals surface area contributed by atoms with Crippen LogP contribution in [0.25, 0.3) is 0 Å². The zero-order chi connectivity index (χ0) is 15.7. The summed E-state index contributed by atoms with van der Waals surface area (Å²) >= 11 is 0. The molecule has 1 rings (SSSR count). The van der Waals surface area contributed by atoms with E-state index >= 15 is 0 Å². The first-order valence-electron chi connectivity index (χ1n) is 6.61. The van der Waals surface area contributed by atoms with Crippen molar-refractivity contribution in [2.24, 2.45) is 5.92 Å². The van der Waals surface area contributed by atoms with Crippen LogP contribution in [0.5, 0.6) is 0 Å². The van der Waals surface area contributed by atoms with E-state index in [1.165, 1.54) is 0 Å². The van der Waals surface area contributed by atoms with Crippen molar-refractivity contribution in [3.05, 3.63) is 35.9 Å². The minimum absolute atomic E-state index is 0.0750. The van der Waals surface area contributed by atoms with Crippen molar-refractivity contribution in [3.63, 3.8) is 0 Å². The summed E-state index contributed by atoms with van der Waals surface area (Å²) < 4.78 is 4.98. The van der Waals surface area contributed by atoms with Gasteiger partial charge >= 0.3 is 12.1 Å². The monoisotopic (exact) mass is 290 g/mol. The Bertz CT molecular complexity index is 510. The van der Waals surface area contributed by atoms with Crippen molar-refractivity contribution in [1.82, 2.24) is 5.32 Å². The van der Waals surface area contributed by atoms with Crippen molar-refractivity contribution in [3.8, 4) is 6.07 Å². The standard InChI is InChI=1S/C15H18N2O4/c1-11(6-5-9-16)13(14(18)19)17-15(20)21-10-12-7-3-2-4-8-12/h2-4,7-8,11,13H,5-6,10H2,1H3,(H,17,20)(H,18,19). The number of alkyl carbamates (subject to hydrolysis) is 1. The Morgan fingerprint density at radius 1 is 1.38 bits per heavy atom. The first-order chi connectivity index (χ1) is 10.0. The van der Waals surface area contributed by atoms with E-state index in [0.717, 1.165) is 5.56 Å². The van der Waals surface area contributed by atoms with Gasteiger partial charge in [0, 0.05) is 6.42 Å². The summed E-state index contributed by atoms with van der Waals surface area (Å²) in [7, 11) is 0. The molecule has 2 unspecified atom stereocenters. The molecule has 0 aromatic heterocycles. The van der Waals surface area contributed by atoms with Crippen LogP contribution in [0.2, 0.25) is 0 Å². The van der Waals surface area contributed by atoms with E-state index in [1.54, 1.807) is 19.1 Å². The molecule has 6 nitrogen and oxygen atoms in total. The van der Waals surface area contributed by atoms with Crippen LogP contribution in [-0.2, 0) is 16.1 Å². The number of amides is 1. The summed E-state index contributed by atoms with van der Waals surface area (Å²) in [5.74, 6) is -1.50. The maximum absolute atomic E-state index is 11.6. The van der Waals surface area contributed by atoms with Gasteiger partial charge in [-0.3, -0.25) is 0 Å². The molecule has 112 valence electrons. The van der Waals surface area contributed by atoms with Crippen LogP contribution in [0, 0.1) is 17.2 Å². The third kappa shape index (κ3) is 5.95. The number of carboxylic acids is 1. The normalized spacial score (nSPS) is 12.8. The van der Waals surface area contributed by atoms with Crippen molar-refractivity contribution >= 4 is 12.1 Å². The molecule has 1 aromatic rings. The molecule has 0 aliphatic rings. The number of ether oxygens (including phenoxy) is 1. The first-order valence-corrected chi connectivity index (χ1v) is 6.61. The number of nitrogens with zero attached hydrogens (tertiary/aromatic N) is 1. The maximum Gasteiger partial charge on any atom is 0.408 e. The molecule has 1 aromatic carbocycles. The number of rotatable bonds is 7. The first kappa shape index (κ1) is 16.5. The fraction of sp³-hybridized carbons (Fsp3) is 0.400. The number of carbonyl (C=O) groups is 2. The second kappa shape index (κ2) is 8.59. The molecular weight excluding hydrogens is 272 g/mol. The second-order valence-corrected chi connectivity index (χ2v) is 4.70. The lowest BCUT2D eigenvalue weighted by Crippen LogP contribution is -2.45.